The molecule has 1 saturated heterocycles. The minimum atomic E-state index is -0.484. The summed E-state index contributed by atoms with van der Waals surface area (Å²) in [5.41, 5.74) is 7.01. The molecule has 2 N–H and O–H groups in total. The maximum absolute atomic E-state index is 11.9. The van der Waals surface area contributed by atoms with Crippen molar-refractivity contribution in [1.29, 1.82) is 0 Å². The summed E-state index contributed by atoms with van der Waals surface area (Å²) in [4.78, 5) is 26.4. The molecule has 6 nitrogen and oxygen atoms in total. The van der Waals surface area contributed by atoms with E-state index in [2.05, 4.69) is 0 Å². The van der Waals surface area contributed by atoms with Gasteiger partial charge in [0.2, 0.25) is 0 Å². The molecular weight excluding hydrogens is 258 g/mol. The lowest BCUT2D eigenvalue weighted by Gasteiger charge is -2.33. The molecule has 2 rings (SSSR count). The third-order valence-corrected chi connectivity index (χ3v) is 3.48. The molecular formula is C14H19N3O3. The van der Waals surface area contributed by atoms with E-state index in [0.717, 1.165) is 11.3 Å². The van der Waals surface area contributed by atoms with Gasteiger partial charge in [0.25, 0.3) is 0 Å². The van der Waals surface area contributed by atoms with E-state index >= 15 is 0 Å². The summed E-state index contributed by atoms with van der Waals surface area (Å²) in [5.74, 6) is -0.201. The van der Waals surface area contributed by atoms with Crippen molar-refractivity contribution in [3.05, 3.63) is 29.8 Å². The molecule has 1 unspecified atom stereocenters. The maximum Gasteiger partial charge on any atom is 0.312 e. The molecule has 6 heteroatoms. The van der Waals surface area contributed by atoms with E-state index in [1.54, 1.807) is 14.2 Å². The van der Waals surface area contributed by atoms with Crippen LogP contribution in [0.15, 0.2) is 24.3 Å². The fourth-order valence-electron chi connectivity index (χ4n) is 2.14. The minimum absolute atomic E-state index is 0.318. The average Bonchev–Trinajstić information content (AvgIpc) is 2.48. The number of benzene rings is 1. The van der Waals surface area contributed by atoms with Crippen molar-refractivity contribution in [2.45, 2.75) is 6.04 Å². The Morgan fingerprint density at radius 1 is 1.20 bits per heavy atom. The van der Waals surface area contributed by atoms with Gasteiger partial charge in [-0.3, -0.25) is 9.59 Å². The van der Waals surface area contributed by atoms with Crippen molar-refractivity contribution in [3.63, 3.8) is 0 Å². The summed E-state index contributed by atoms with van der Waals surface area (Å²) in [6.07, 6.45) is 0. The quantitative estimate of drug-likeness (QED) is 0.786. The molecule has 20 heavy (non-hydrogen) atoms. The number of methoxy groups -OCH3 is 1. The van der Waals surface area contributed by atoms with E-state index in [4.69, 9.17) is 10.5 Å². The van der Waals surface area contributed by atoms with Crippen LogP contribution in [0, 0.1) is 0 Å². The van der Waals surface area contributed by atoms with E-state index in [0.29, 0.717) is 19.6 Å². The number of nitrogens with zero attached hydrogens (tertiary/aromatic N) is 2. The van der Waals surface area contributed by atoms with Crippen molar-refractivity contribution in [1.82, 2.24) is 9.80 Å². The SMILES string of the molecule is COc1ccc(C(N)CN2CCN(C)C(=O)C2=O)cc1. The minimum Gasteiger partial charge on any atom is -0.497 e. The molecule has 0 radical (unpaired) electrons. The molecule has 2 amide bonds. The Kier molecular flexibility index (Phi) is 4.24. The molecule has 0 aromatic heterocycles. The normalized spacial score (nSPS) is 17.4. The molecule has 1 fully saturated rings. The molecule has 1 aliphatic heterocycles. The molecule has 1 atom stereocenters. The topological polar surface area (TPSA) is 75.9 Å². The number of ether oxygens (including phenoxy) is 1. The van der Waals surface area contributed by atoms with Crippen LogP contribution in [-0.4, -0.2) is 55.4 Å². The molecule has 1 aromatic carbocycles. The zero-order valence-corrected chi connectivity index (χ0v) is 11.7. The number of amides is 2. The van der Waals surface area contributed by atoms with Crippen LogP contribution in [0.5, 0.6) is 5.75 Å². The van der Waals surface area contributed by atoms with E-state index in [1.807, 2.05) is 24.3 Å². The molecule has 108 valence electrons. The highest BCUT2D eigenvalue weighted by atomic mass is 16.5. The maximum atomic E-state index is 11.9. The van der Waals surface area contributed by atoms with E-state index in [1.165, 1.54) is 9.80 Å². The monoisotopic (exact) mass is 277 g/mol. The Morgan fingerprint density at radius 3 is 2.45 bits per heavy atom. The predicted molar refractivity (Wildman–Crippen MR) is 74.1 cm³/mol. The number of carbonyl (C=O) groups excluding carboxylic acids is 2. The van der Waals surface area contributed by atoms with Crippen molar-refractivity contribution in [2.24, 2.45) is 5.73 Å². The second kappa shape index (κ2) is 5.92. The van der Waals surface area contributed by atoms with Crippen LogP contribution in [0.1, 0.15) is 11.6 Å². The molecule has 0 bridgehead atoms. The third kappa shape index (κ3) is 2.91. The summed E-state index contributed by atoms with van der Waals surface area (Å²) in [6.45, 7) is 1.40. The summed E-state index contributed by atoms with van der Waals surface area (Å²) in [5, 5.41) is 0. The van der Waals surface area contributed by atoms with Crippen LogP contribution in [0.2, 0.25) is 0 Å². The number of piperazine rings is 1. The van der Waals surface area contributed by atoms with Crippen molar-refractivity contribution in [2.75, 3.05) is 33.8 Å². The Balaban J connectivity index is 2.01. The molecule has 0 spiro atoms. The molecule has 0 saturated carbocycles. The van der Waals surface area contributed by atoms with Gasteiger partial charge in [0.1, 0.15) is 5.75 Å². The largest absolute Gasteiger partial charge is 0.497 e. The van der Waals surface area contributed by atoms with Gasteiger partial charge < -0.3 is 20.3 Å². The number of likely N-dealkylation sites (N-methyl/N-ethyl adjacent to an activating group) is 1. The summed E-state index contributed by atoms with van der Waals surface area (Å²) < 4.78 is 5.09. The number of nitrogens with two attached hydrogens (primary N) is 1. The molecule has 1 aliphatic rings. The number of rotatable bonds is 4. The van der Waals surface area contributed by atoms with Gasteiger partial charge in [0, 0.05) is 32.7 Å². The summed E-state index contributed by atoms with van der Waals surface area (Å²) >= 11 is 0. The highest BCUT2D eigenvalue weighted by Gasteiger charge is 2.31. The van der Waals surface area contributed by atoms with Crippen LogP contribution < -0.4 is 10.5 Å². The highest BCUT2D eigenvalue weighted by molar-refractivity contribution is 6.35. The van der Waals surface area contributed by atoms with Crippen LogP contribution in [0.25, 0.3) is 0 Å². The number of hydrogen-bond donors (Lipinski definition) is 1. The standard InChI is InChI=1S/C14H19N3O3/c1-16-7-8-17(14(19)13(16)18)9-12(15)10-3-5-11(20-2)6-4-10/h3-6,12H,7-9,15H2,1-2H3. The first-order valence-electron chi connectivity index (χ1n) is 6.47. The Morgan fingerprint density at radius 2 is 1.85 bits per heavy atom. The van der Waals surface area contributed by atoms with Crippen LogP contribution >= 0.6 is 0 Å². The third-order valence-electron chi connectivity index (χ3n) is 3.48. The molecule has 1 heterocycles. The van der Waals surface area contributed by atoms with Crippen molar-refractivity contribution >= 4 is 11.8 Å². The van der Waals surface area contributed by atoms with Crippen LogP contribution in [0.4, 0.5) is 0 Å². The van der Waals surface area contributed by atoms with E-state index in [-0.39, 0.29) is 6.04 Å². The fraction of sp³-hybridized carbons (Fsp3) is 0.429. The Labute approximate surface area is 118 Å². The highest BCUT2D eigenvalue weighted by Crippen LogP contribution is 2.17. The van der Waals surface area contributed by atoms with Crippen molar-refractivity contribution in [3.8, 4) is 5.75 Å². The zero-order chi connectivity index (χ0) is 14.7. The first-order valence-corrected chi connectivity index (χ1v) is 6.47. The van der Waals surface area contributed by atoms with Gasteiger partial charge in [-0.2, -0.15) is 0 Å². The smallest absolute Gasteiger partial charge is 0.312 e. The molecule has 0 aliphatic carbocycles. The lowest BCUT2D eigenvalue weighted by molar-refractivity contribution is -0.155. The van der Waals surface area contributed by atoms with Crippen LogP contribution in [0.3, 0.4) is 0 Å². The van der Waals surface area contributed by atoms with Gasteiger partial charge in [-0.05, 0) is 17.7 Å². The lowest BCUT2D eigenvalue weighted by atomic mass is 10.1. The molecule has 1 aromatic rings. The lowest BCUT2D eigenvalue weighted by Crippen LogP contribution is -2.54. The first kappa shape index (κ1) is 14.3. The van der Waals surface area contributed by atoms with Gasteiger partial charge in [-0.1, -0.05) is 12.1 Å². The average molecular weight is 277 g/mol. The summed E-state index contributed by atoms with van der Waals surface area (Å²) in [7, 11) is 3.23. The predicted octanol–water partition coefficient (Wildman–Crippen LogP) is -0.00440. The van der Waals surface area contributed by atoms with E-state index < -0.39 is 11.8 Å². The van der Waals surface area contributed by atoms with Crippen molar-refractivity contribution < 1.29 is 14.3 Å². The second-order valence-electron chi connectivity index (χ2n) is 4.86. The number of carbonyl (C=O) groups is 2. The van der Waals surface area contributed by atoms with Crippen LogP contribution in [-0.2, 0) is 9.59 Å². The summed E-state index contributed by atoms with van der Waals surface area (Å²) in [6, 6.07) is 7.07. The Hall–Kier alpha value is -2.08. The van der Waals surface area contributed by atoms with E-state index in [9.17, 15) is 9.59 Å². The Bertz CT molecular complexity index is 501. The second-order valence-corrected chi connectivity index (χ2v) is 4.86. The fourth-order valence-corrected chi connectivity index (χ4v) is 2.14. The van der Waals surface area contributed by atoms with Gasteiger partial charge in [0.05, 0.1) is 7.11 Å². The van der Waals surface area contributed by atoms with Gasteiger partial charge in [-0.25, -0.2) is 0 Å². The number of hydrogen-bond acceptors (Lipinski definition) is 4. The van der Waals surface area contributed by atoms with Gasteiger partial charge in [0.15, 0.2) is 0 Å². The zero-order valence-electron chi connectivity index (χ0n) is 11.7. The van der Waals surface area contributed by atoms with Gasteiger partial charge >= 0.3 is 11.8 Å². The van der Waals surface area contributed by atoms with Gasteiger partial charge in [-0.15, -0.1) is 0 Å². The first-order chi connectivity index (χ1) is 9.52.